The minimum Gasteiger partial charge on any atom is -0.480 e. The van der Waals surface area contributed by atoms with Crippen LogP contribution < -0.4 is 10.6 Å². The molecule has 2 amide bonds. The largest absolute Gasteiger partial charge is 0.480 e. The smallest absolute Gasteiger partial charge is 0.407 e. The number of ether oxygens (including phenoxy) is 1. The Labute approximate surface area is 200 Å². The van der Waals surface area contributed by atoms with E-state index < -0.39 is 48.9 Å². The van der Waals surface area contributed by atoms with Gasteiger partial charge in [0.05, 0.1) is 5.92 Å². The van der Waals surface area contributed by atoms with Crippen molar-refractivity contribution in [2.24, 2.45) is 5.92 Å². The van der Waals surface area contributed by atoms with Crippen molar-refractivity contribution in [3.8, 4) is 11.1 Å². The number of benzene rings is 2. The monoisotopic (exact) mass is 492 g/mol. The first-order chi connectivity index (χ1) is 16.6. The minimum atomic E-state index is -4.69. The van der Waals surface area contributed by atoms with E-state index in [0.29, 0.717) is 0 Å². The zero-order valence-corrected chi connectivity index (χ0v) is 19.1. The summed E-state index contributed by atoms with van der Waals surface area (Å²) in [5, 5.41) is 13.4. The number of hydrogen-bond acceptors (Lipinski definition) is 4. The average molecular weight is 492 g/mol. The lowest BCUT2D eigenvalue weighted by Crippen LogP contribution is -2.42. The first kappa shape index (κ1) is 26.1. The fourth-order valence-electron chi connectivity index (χ4n) is 4.19. The molecule has 35 heavy (non-hydrogen) atoms. The van der Waals surface area contributed by atoms with Gasteiger partial charge in [-0.25, -0.2) is 9.59 Å². The van der Waals surface area contributed by atoms with Crippen LogP contribution in [0, 0.1) is 5.92 Å². The number of alkyl halides is 3. The second-order valence-corrected chi connectivity index (χ2v) is 8.35. The Morgan fingerprint density at radius 1 is 1.03 bits per heavy atom. The summed E-state index contributed by atoms with van der Waals surface area (Å²) >= 11 is 0. The summed E-state index contributed by atoms with van der Waals surface area (Å²) < 4.78 is 45.4. The highest BCUT2D eigenvalue weighted by Crippen LogP contribution is 2.44. The van der Waals surface area contributed by atoms with Gasteiger partial charge in [-0.2, -0.15) is 13.2 Å². The molecule has 2 aromatic carbocycles. The number of alkyl carbamates (subject to hydrolysis) is 1. The highest BCUT2D eigenvalue weighted by Gasteiger charge is 2.40. The molecule has 10 heteroatoms. The Balaban J connectivity index is 1.51. The van der Waals surface area contributed by atoms with E-state index in [1.807, 2.05) is 48.5 Å². The van der Waals surface area contributed by atoms with Crippen molar-refractivity contribution in [1.82, 2.24) is 10.6 Å². The first-order valence-electron chi connectivity index (χ1n) is 11.3. The third kappa shape index (κ3) is 6.52. The van der Waals surface area contributed by atoms with Crippen LogP contribution in [-0.2, 0) is 14.3 Å². The number of fused-ring (bicyclic) bond motifs is 3. The van der Waals surface area contributed by atoms with E-state index in [2.05, 4.69) is 10.6 Å². The Hall–Kier alpha value is -3.56. The third-order valence-corrected chi connectivity index (χ3v) is 6.04. The standard InChI is InChI=1S/C25H27F3N2O5/c1-2-21(23(32)33)30-22(31)13-15(25(26,27)28)11-12-29-24(34)35-14-20-18-9-5-3-7-16(18)17-8-4-6-10-19(17)20/h3-10,15,20-21H,2,11-14H2,1H3,(H,29,34)(H,30,31)(H,32,33)/t15?,21-/m1/s1. The Bertz CT molecular complexity index is 1030. The molecule has 188 valence electrons. The van der Waals surface area contributed by atoms with Gasteiger partial charge in [0, 0.05) is 18.9 Å². The fraction of sp³-hybridized carbons (Fsp3) is 0.400. The van der Waals surface area contributed by atoms with Crippen molar-refractivity contribution in [2.75, 3.05) is 13.2 Å². The average Bonchev–Trinajstić information content (AvgIpc) is 3.13. The normalized spacial score (nSPS) is 14.4. The molecule has 0 aliphatic heterocycles. The van der Waals surface area contributed by atoms with E-state index in [4.69, 9.17) is 9.84 Å². The van der Waals surface area contributed by atoms with Gasteiger partial charge in [-0.3, -0.25) is 4.79 Å². The van der Waals surface area contributed by atoms with Crippen LogP contribution in [0.15, 0.2) is 48.5 Å². The predicted octanol–water partition coefficient (Wildman–Crippen LogP) is 4.46. The van der Waals surface area contributed by atoms with E-state index in [1.54, 1.807) is 0 Å². The van der Waals surface area contributed by atoms with Crippen molar-refractivity contribution < 1.29 is 37.4 Å². The number of amides is 2. The molecule has 3 rings (SSSR count). The third-order valence-electron chi connectivity index (χ3n) is 6.04. The molecule has 0 bridgehead atoms. The molecule has 0 radical (unpaired) electrons. The molecule has 1 unspecified atom stereocenters. The van der Waals surface area contributed by atoms with Gasteiger partial charge in [-0.15, -0.1) is 0 Å². The lowest BCUT2D eigenvalue weighted by Gasteiger charge is -2.21. The molecule has 0 heterocycles. The molecule has 0 saturated carbocycles. The number of carboxylic acids is 1. The number of carbonyl (C=O) groups excluding carboxylic acids is 2. The van der Waals surface area contributed by atoms with Crippen LogP contribution in [0.3, 0.4) is 0 Å². The number of nitrogens with one attached hydrogen (secondary N) is 2. The lowest BCUT2D eigenvalue weighted by molar-refractivity contribution is -0.180. The fourth-order valence-corrected chi connectivity index (χ4v) is 4.19. The van der Waals surface area contributed by atoms with E-state index >= 15 is 0 Å². The van der Waals surface area contributed by atoms with Crippen molar-refractivity contribution in [1.29, 1.82) is 0 Å². The van der Waals surface area contributed by atoms with E-state index in [0.717, 1.165) is 22.3 Å². The van der Waals surface area contributed by atoms with Crippen molar-refractivity contribution in [3.05, 3.63) is 59.7 Å². The van der Waals surface area contributed by atoms with Crippen molar-refractivity contribution in [3.63, 3.8) is 0 Å². The van der Waals surface area contributed by atoms with Crippen LogP contribution in [0.5, 0.6) is 0 Å². The lowest BCUT2D eigenvalue weighted by atomic mass is 9.98. The van der Waals surface area contributed by atoms with E-state index in [-0.39, 0.29) is 25.5 Å². The number of carbonyl (C=O) groups is 3. The Morgan fingerprint density at radius 3 is 2.11 bits per heavy atom. The maximum Gasteiger partial charge on any atom is 0.407 e. The van der Waals surface area contributed by atoms with Crippen molar-refractivity contribution in [2.45, 2.75) is 44.3 Å². The molecule has 7 nitrogen and oxygen atoms in total. The van der Waals surface area contributed by atoms with E-state index in [9.17, 15) is 27.6 Å². The summed E-state index contributed by atoms with van der Waals surface area (Å²) in [6, 6.07) is 14.3. The SMILES string of the molecule is CC[C@@H](NC(=O)CC(CCNC(=O)OCC1c2ccccc2-c2ccccc21)C(F)(F)F)C(=O)O. The highest BCUT2D eigenvalue weighted by molar-refractivity contribution is 5.83. The van der Waals surface area contributed by atoms with E-state index in [1.165, 1.54) is 6.92 Å². The summed E-state index contributed by atoms with van der Waals surface area (Å²) in [5.74, 6) is -4.55. The summed E-state index contributed by atoms with van der Waals surface area (Å²) in [5.41, 5.74) is 4.13. The molecule has 0 spiro atoms. The summed E-state index contributed by atoms with van der Waals surface area (Å²) in [6.07, 6.45) is -6.98. The molecule has 0 saturated heterocycles. The number of rotatable bonds is 10. The van der Waals surface area contributed by atoms with Crippen LogP contribution in [0.2, 0.25) is 0 Å². The van der Waals surface area contributed by atoms with Gasteiger partial charge >= 0.3 is 18.2 Å². The molecule has 1 aliphatic carbocycles. The maximum absolute atomic E-state index is 13.4. The number of hydrogen-bond donors (Lipinski definition) is 3. The molecule has 2 aromatic rings. The van der Waals surface area contributed by atoms with Gasteiger partial charge in [-0.1, -0.05) is 55.5 Å². The highest BCUT2D eigenvalue weighted by atomic mass is 19.4. The molecule has 1 aliphatic rings. The van der Waals surface area contributed by atoms with Crippen molar-refractivity contribution >= 4 is 18.0 Å². The quantitative estimate of drug-likeness (QED) is 0.454. The van der Waals surface area contributed by atoms with Gasteiger partial charge in [-0.05, 0) is 35.1 Å². The van der Waals surface area contributed by atoms with Crippen LogP contribution in [0.4, 0.5) is 18.0 Å². The predicted molar refractivity (Wildman–Crippen MR) is 122 cm³/mol. The van der Waals surface area contributed by atoms with Crippen LogP contribution in [0.25, 0.3) is 11.1 Å². The van der Waals surface area contributed by atoms with Crippen LogP contribution in [-0.4, -0.2) is 48.4 Å². The van der Waals surface area contributed by atoms with Gasteiger partial charge in [0.25, 0.3) is 0 Å². The maximum atomic E-state index is 13.4. The number of halogens is 3. The molecule has 0 fully saturated rings. The molecule has 3 N–H and O–H groups in total. The van der Waals surface area contributed by atoms with Gasteiger partial charge < -0.3 is 20.5 Å². The zero-order chi connectivity index (χ0) is 25.6. The van der Waals surface area contributed by atoms with Gasteiger partial charge in [0.15, 0.2) is 0 Å². The molecule has 2 atom stereocenters. The summed E-state index contributed by atoms with van der Waals surface area (Å²) in [7, 11) is 0. The Morgan fingerprint density at radius 2 is 1.60 bits per heavy atom. The molecular weight excluding hydrogens is 465 g/mol. The molecular formula is C25H27F3N2O5. The number of aliphatic carboxylic acids is 1. The van der Waals surface area contributed by atoms with Crippen LogP contribution in [0.1, 0.15) is 43.2 Å². The Kier molecular flexibility index (Phi) is 8.37. The van der Waals surface area contributed by atoms with Crippen LogP contribution >= 0.6 is 0 Å². The number of carboxylic acid groups (broad SMARTS) is 1. The van der Waals surface area contributed by atoms with Gasteiger partial charge in [0.2, 0.25) is 5.91 Å². The zero-order valence-electron chi connectivity index (χ0n) is 19.1. The van der Waals surface area contributed by atoms with Gasteiger partial charge in [0.1, 0.15) is 12.6 Å². The minimum absolute atomic E-state index is 0.0263. The summed E-state index contributed by atoms with van der Waals surface area (Å²) in [4.78, 5) is 35.1. The summed E-state index contributed by atoms with van der Waals surface area (Å²) in [6.45, 7) is 1.17. The molecule has 0 aromatic heterocycles. The first-order valence-corrected chi connectivity index (χ1v) is 11.3. The topological polar surface area (TPSA) is 105 Å². The second-order valence-electron chi connectivity index (χ2n) is 8.35. The second kappa shape index (κ2) is 11.2.